The van der Waals surface area contributed by atoms with Gasteiger partial charge in [0.25, 0.3) is 5.91 Å². The van der Waals surface area contributed by atoms with Gasteiger partial charge in [-0.1, -0.05) is 0 Å². The summed E-state index contributed by atoms with van der Waals surface area (Å²) in [6.45, 7) is 5.13. The second-order valence-electron chi connectivity index (χ2n) is 4.02. The molecule has 0 bridgehead atoms. The van der Waals surface area contributed by atoms with Gasteiger partial charge in [-0.25, -0.2) is 0 Å². The first-order valence-electron chi connectivity index (χ1n) is 5.12. The summed E-state index contributed by atoms with van der Waals surface area (Å²) < 4.78 is 0. The molecule has 0 aliphatic carbocycles. The van der Waals surface area contributed by atoms with Gasteiger partial charge >= 0.3 is 0 Å². The maximum absolute atomic E-state index is 12.0. The smallest absolute Gasteiger partial charge is 0.255 e. The second kappa shape index (κ2) is 3.94. The molecule has 1 aliphatic heterocycles. The Bertz CT molecular complexity index is 386. The minimum Gasteiger partial charge on any atom is -0.391 e. The number of carbonyl (C=O) groups excluding carboxylic acids is 1. The minimum absolute atomic E-state index is 0.0633. The maximum atomic E-state index is 12.0. The van der Waals surface area contributed by atoms with Crippen LogP contribution in [0.2, 0.25) is 0 Å². The van der Waals surface area contributed by atoms with Crippen molar-refractivity contribution in [2.45, 2.75) is 26.4 Å². The zero-order chi connectivity index (χ0) is 11.0. The standard InChI is InChI=1S/C11H15NO2S/c1-7-5-10(8(2)15-7)11(14)12-4-3-9(13)6-12/h5,9,13H,3-4,6H2,1-2H3/t9-/m1/s1. The van der Waals surface area contributed by atoms with Gasteiger partial charge in [0, 0.05) is 22.8 Å². The third kappa shape index (κ3) is 2.06. The third-order valence-electron chi connectivity index (χ3n) is 2.72. The van der Waals surface area contributed by atoms with Crippen molar-refractivity contribution >= 4 is 17.2 Å². The monoisotopic (exact) mass is 225 g/mol. The Morgan fingerprint density at radius 2 is 2.33 bits per heavy atom. The molecule has 1 aromatic rings. The van der Waals surface area contributed by atoms with Gasteiger partial charge in [-0.2, -0.15) is 0 Å². The second-order valence-corrected chi connectivity index (χ2v) is 5.48. The fourth-order valence-electron chi connectivity index (χ4n) is 1.94. The average molecular weight is 225 g/mol. The van der Waals surface area contributed by atoms with Crippen molar-refractivity contribution in [3.05, 3.63) is 21.4 Å². The molecular formula is C11H15NO2S. The van der Waals surface area contributed by atoms with Gasteiger partial charge < -0.3 is 10.0 Å². The van der Waals surface area contributed by atoms with Gasteiger partial charge in [0.05, 0.1) is 11.7 Å². The summed E-state index contributed by atoms with van der Waals surface area (Å²) in [6, 6.07) is 1.94. The van der Waals surface area contributed by atoms with Crippen molar-refractivity contribution in [1.82, 2.24) is 4.90 Å². The summed E-state index contributed by atoms with van der Waals surface area (Å²) >= 11 is 1.65. The number of aliphatic hydroxyl groups is 1. The lowest BCUT2D eigenvalue weighted by Crippen LogP contribution is -2.29. The summed E-state index contributed by atoms with van der Waals surface area (Å²) in [5.41, 5.74) is 0.798. The highest BCUT2D eigenvalue weighted by molar-refractivity contribution is 7.12. The molecule has 3 nitrogen and oxygen atoms in total. The zero-order valence-electron chi connectivity index (χ0n) is 8.99. The topological polar surface area (TPSA) is 40.5 Å². The van der Waals surface area contributed by atoms with E-state index in [1.165, 1.54) is 0 Å². The van der Waals surface area contributed by atoms with E-state index in [1.807, 2.05) is 19.9 Å². The Hall–Kier alpha value is -0.870. The molecule has 1 aliphatic rings. The Labute approximate surface area is 93.3 Å². The van der Waals surface area contributed by atoms with Crippen LogP contribution in [0.15, 0.2) is 6.07 Å². The summed E-state index contributed by atoms with van der Waals surface area (Å²) in [7, 11) is 0. The number of nitrogens with zero attached hydrogens (tertiary/aromatic N) is 1. The van der Waals surface area contributed by atoms with Crippen LogP contribution in [0.1, 0.15) is 26.5 Å². The van der Waals surface area contributed by atoms with Crippen LogP contribution in [-0.4, -0.2) is 35.1 Å². The largest absolute Gasteiger partial charge is 0.391 e. The first-order chi connectivity index (χ1) is 7.08. The van der Waals surface area contributed by atoms with Crippen LogP contribution in [0.3, 0.4) is 0 Å². The number of aryl methyl sites for hydroxylation is 2. The molecule has 15 heavy (non-hydrogen) atoms. The number of carbonyl (C=O) groups is 1. The van der Waals surface area contributed by atoms with Crippen molar-refractivity contribution < 1.29 is 9.90 Å². The van der Waals surface area contributed by atoms with E-state index in [-0.39, 0.29) is 12.0 Å². The fourth-order valence-corrected chi connectivity index (χ4v) is 2.86. The summed E-state index contributed by atoms with van der Waals surface area (Å²) in [6.07, 6.45) is 0.363. The highest BCUT2D eigenvalue weighted by atomic mass is 32.1. The van der Waals surface area contributed by atoms with Gasteiger partial charge in [-0.3, -0.25) is 4.79 Å². The quantitative estimate of drug-likeness (QED) is 0.788. The fraction of sp³-hybridized carbons (Fsp3) is 0.545. The Kier molecular flexibility index (Phi) is 2.80. The zero-order valence-corrected chi connectivity index (χ0v) is 9.80. The molecule has 2 rings (SSSR count). The van der Waals surface area contributed by atoms with Crippen molar-refractivity contribution in [1.29, 1.82) is 0 Å². The Morgan fingerprint density at radius 1 is 1.60 bits per heavy atom. The van der Waals surface area contributed by atoms with Gasteiger partial charge in [-0.05, 0) is 26.3 Å². The molecule has 0 spiro atoms. The van der Waals surface area contributed by atoms with E-state index in [2.05, 4.69) is 0 Å². The van der Waals surface area contributed by atoms with Gasteiger partial charge in [0.1, 0.15) is 0 Å². The summed E-state index contributed by atoms with van der Waals surface area (Å²) in [5, 5.41) is 9.38. The minimum atomic E-state index is -0.339. The van der Waals surface area contributed by atoms with Crippen LogP contribution in [0.4, 0.5) is 0 Å². The Balaban J connectivity index is 2.17. The average Bonchev–Trinajstić information content (AvgIpc) is 2.71. The molecule has 1 fully saturated rings. The van der Waals surface area contributed by atoms with Gasteiger partial charge in [-0.15, -0.1) is 11.3 Å². The van der Waals surface area contributed by atoms with Crippen LogP contribution in [0.5, 0.6) is 0 Å². The third-order valence-corrected chi connectivity index (χ3v) is 3.69. The highest BCUT2D eigenvalue weighted by Crippen LogP contribution is 2.23. The van der Waals surface area contributed by atoms with Gasteiger partial charge in [0.2, 0.25) is 0 Å². The molecule has 0 saturated carbocycles. The van der Waals surface area contributed by atoms with Crippen LogP contribution in [-0.2, 0) is 0 Å². The number of rotatable bonds is 1. The van der Waals surface area contributed by atoms with Crippen LogP contribution < -0.4 is 0 Å². The molecule has 1 amide bonds. The van der Waals surface area contributed by atoms with E-state index < -0.39 is 0 Å². The summed E-state index contributed by atoms with van der Waals surface area (Å²) in [4.78, 5) is 16.0. The number of amides is 1. The van der Waals surface area contributed by atoms with Crippen LogP contribution in [0.25, 0.3) is 0 Å². The van der Waals surface area contributed by atoms with Gasteiger partial charge in [0.15, 0.2) is 0 Å². The normalized spacial score (nSPS) is 21.0. The van der Waals surface area contributed by atoms with E-state index in [9.17, 15) is 9.90 Å². The number of hydrogen-bond acceptors (Lipinski definition) is 3. The first-order valence-corrected chi connectivity index (χ1v) is 5.94. The lowest BCUT2D eigenvalue weighted by Gasteiger charge is -2.14. The molecule has 2 heterocycles. The Morgan fingerprint density at radius 3 is 2.80 bits per heavy atom. The lowest BCUT2D eigenvalue weighted by molar-refractivity contribution is 0.0765. The van der Waals surface area contributed by atoms with E-state index >= 15 is 0 Å². The molecule has 82 valence electrons. The lowest BCUT2D eigenvalue weighted by atomic mass is 10.2. The summed E-state index contributed by atoms with van der Waals surface area (Å²) in [5.74, 6) is 0.0633. The molecule has 0 radical (unpaired) electrons. The number of aliphatic hydroxyl groups excluding tert-OH is 1. The molecule has 4 heteroatoms. The van der Waals surface area contributed by atoms with E-state index in [1.54, 1.807) is 16.2 Å². The van der Waals surface area contributed by atoms with Crippen molar-refractivity contribution in [2.75, 3.05) is 13.1 Å². The van der Waals surface area contributed by atoms with E-state index in [0.29, 0.717) is 19.5 Å². The van der Waals surface area contributed by atoms with E-state index in [4.69, 9.17) is 0 Å². The molecular weight excluding hydrogens is 210 g/mol. The highest BCUT2D eigenvalue weighted by Gasteiger charge is 2.26. The predicted octanol–water partition coefficient (Wildman–Crippen LogP) is 1.57. The van der Waals surface area contributed by atoms with Crippen molar-refractivity contribution in [3.63, 3.8) is 0 Å². The molecule has 1 saturated heterocycles. The predicted molar refractivity (Wildman–Crippen MR) is 60.3 cm³/mol. The SMILES string of the molecule is Cc1cc(C(=O)N2CC[C@@H](O)C2)c(C)s1. The number of hydrogen-bond donors (Lipinski definition) is 1. The molecule has 0 aromatic carbocycles. The number of β-amino-alcohol motifs (C(OH)–C–C–N with tert-alkyl or cyclic N) is 1. The molecule has 1 N–H and O–H groups in total. The van der Waals surface area contributed by atoms with Crippen molar-refractivity contribution in [2.24, 2.45) is 0 Å². The maximum Gasteiger partial charge on any atom is 0.255 e. The van der Waals surface area contributed by atoms with Crippen LogP contribution in [0, 0.1) is 13.8 Å². The first kappa shape index (κ1) is 10.6. The number of likely N-dealkylation sites (tertiary alicyclic amines) is 1. The molecule has 0 unspecified atom stereocenters. The van der Waals surface area contributed by atoms with E-state index in [0.717, 1.165) is 15.3 Å². The van der Waals surface area contributed by atoms with Crippen LogP contribution >= 0.6 is 11.3 Å². The van der Waals surface area contributed by atoms with Crippen molar-refractivity contribution in [3.8, 4) is 0 Å². The molecule has 1 atom stereocenters. The number of thiophene rings is 1. The molecule has 1 aromatic heterocycles.